The summed E-state index contributed by atoms with van der Waals surface area (Å²) in [7, 11) is 0. The van der Waals surface area contributed by atoms with Crippen LogP contribution < -0.4 is 0 Å². The summed E-state index contributed by atoms with van der Waals surface area (Å²) in [6.07, 6.45) is 1.01. The predicted octanol–water partition coefficient (Wildman–Crippen LogP) is 1.36. The summed E-state index contributed by atoms with van der Waals surface area (Å²) < 4.78 is 0. The van der Waals surface area contributed by atoms with E-state index < -0.39 is 5.97 Å². The summed E-state index contributed by atoms with van der Waals surface area (Å²) in [6.45, 7) is 4.05. The van der Waals surface area contributed by atoms with Gasteiger partial charge in [0.2, 0.25) is 0 Å². The van der Waals surface area contributed by atoms with E-state index in [1.165, 1.54) is 0 Å². The van der Waals surface area contributed by atoms with Gasteiger partial charge in [0.1, 0.15) is 0 Å². The molecule has 1 fully saturated rings. The van der Waals surface area contributed by atoms with Crippen molar-refractivity contribution in [1.29, 1.82) is 0 Å². The Morgan fingerprint density at radius 1 is 1.67 bits per heavy atom. The molecule has 0 spiro atoms. The average Bonchev–Trinajstić information content (AvgIpc) is 2.40. The molecule has 0 amide bonds. The fourth-order valence-electron chi connectivity index (χ4n) is 1.58. The molecule has 1 aliphatic carbocycles. The van der Waals surface area contributed by atoms with Crippen molar-refractivity contribution in [3.8, 4) is 0 Å². The van der Waals surface area contributed by atoms with Crippen LogP contribution >= 0.6 is 0 Å². The normalized spacial score (nSPS) is 40.4. The minimum Gasteiger partial charge on any atom is -0.481 e. The molecule has 1 saturated carbocycles. The average molecular weight is 128 g/mol. The lowest BCUT2D eigenvalue weighted by Gasteiger charge is -1.84. The molecule has 1 rings (SSSR count). The first kappa shape index (κ1) is 6.59. The van der Waals surface area contributed by atoms with Gasteiger partial charge < -0.3 is 5.11 Å². The maximum absolute atomic E-state index is 10.3. The molecule has 0 bridgehead atoms. The van der Waals surface area contributed by atoms with Crippen molar-refractivity contribution < 1.29 is 9.90 Å². The van der Waals surface area contributed by atoms with E-state index in [4.69, 9.17) is 5.11 Å². The minimum absolute atomic E-state index is 0.0324. The van der Waals surface area contributed by atoms with Crippen LogP contribution in [0.15, 0.2) is 0 Å². The molecule has 52 valence electrons. The third-order valence-electron chi connectivity index (χ3n) is 2.32. The first-order valence-corrected chi connectivity index (χ1v) is 3.41. The zero-order valence-corrected chi connectivity index (χ0v) is 5.79. The lowest BCUT2D eigenvalue weighted by atomic mass is 10.2. The van der Waals surface area contributed by atoms with E-state index in [1.54, 1.807) is 0 Å². The molecule has 9 heavy (non-hydrogen) atoms. The molecular formula is C7H12O2. The van der Waals surface area contributed by atoms with Gasteiger partial charge in [-0.3, -0.25) is 4.79 Å². The number of carboxylic acid groups (broad SMARTS) is 1. The standard InChI is InChI=1S/C7H12O2/c1-3-5-4(2)6(5)7(8)9/h4-6H,3H2,1-2H3,(H,8,9)/t4-,5?,6+/m1/s1. The highest BCUT2D eigenvalue weighted by Gasteiger charge is 2.50. The molecule has 1 N–H and O–H groups in total. The van der Waals surface area contributed by atoms with Gasteiger partial charge in [0, 0.05) is 0 Å². The SMILES string of the molecule is CCC1[C@@H](C)[C@@H]1C(=O)O. The molecule has 2 nitrogen and oxygen atoms in total. The molecule has 1 unspecified atom stereocenters. The van der Waals surface area contributed by atoms with E-state index in [0.717, 1.165) is 6.42 Å². The number of carbonyl (C=O) groups is 1. The maximum Gasteiger partial charge on any atom is 0.307 e. The highest BCUT2D eigenvalue weighted by atomic mass is 16.4. The summed E-state index contributed by atoms with van der Waals surface area (Å²) >= 11 is 0. The van der Waals surface area contributed by atoms with Crippen molar-refractivity contribution in [2.75, 3.05) is 0 Å². The van der Waals surface area contributed by atoms with Crippen molar-refractivity contribution in [3.63, 3.8) is 0 Å². The number of hydrogen-bond acceptors (Lipinski definition) is 1. The molecule has 0 aromatic heterocycles. The van der Waals surface area contributed by atoms with Gasteiger partial charge in [-0.05, 0) is 11.8 Å². The quantitative estimate of drug-likeness (QED) is 0.609. The van der Waals surface area contributed by atoms with E-state index in [9.17, 15) is 4.79 Å². The Kier molecular flexibility index (Phi) is 1.47. The Bertz CT molecular complexity index is 131. The summed E-state index contributed by atoms with van der Waals surface area (Å²) in [5.41, 5.74) is 0. The largest absolute Gasteiger partial charge is 0.481 e. The maximum atomic E-state index is 10.3. The number of hydrogen-bond donors (Lipinski definition) is 1. The number of carboxylic acids is 1. The van der Waals surface area contributed by atoms with Gasteiger partial charge >= 0.3 is 5.97 Å². The molecule has 0 aromatic carbocycles. The summed E-state index contributed by atoms with van der Waals surface area (Å²) in [4.78, 5) is 10.3. The van der Waals surface area contributed by atoms with Gasteiger partial charge in [0.05, 0.1) is 5.92 Å². The number of aliphatic carboxylic acids is 1. The van der Waals surface area contributed by atoms with Crippen LogP contribution in [0.2, 0.25) is 0 Å². The fraction of sp³-hybridized carbons (Fsp3) is 0.857. The van der Waals surface area contributed by atoms with Crippen molar-refractivity contribution >= 4 is 5.97 Å². The first-order valence-electron chi connectivity index (χ1n) is 3.41. The zero-order valence-electron chi connectivity index (χ0n) is 5.79. The topological polar surface area (TPSA) is 37.3 Å². The number of rotatable bonds is 2. The molecule has 2 heteroatoms. The zero-order chi connectivity index (χ0) is 7.02. The molecule has 0 aromatic rings. The predicted molar refractivity (Wildman–Crippen MR) is 34.1 cm³/mol. The lowest BCUT2D eigenvalue weighted by Crippen LogP contribution is -1.99. The monoisotopic (exact) mass is 128 g/mol. The smallest absolute Gasteiger partial charge is 0.307 e. The molecular weight excluding hydrogens is 116 g/mol. The van der Waals surface area contributed by atoms with Gasteiger partial charge in [0.15, 0.2) is 0 Å². The van der Waals surface area contributed by atoms with Gasteiger partial charge in [-0.25, -0.2) is 0 Å². The van der Waals surface area contributed by atoms with Crippen LogP contribution in [0.5, 0.6) is 0 Å². The van der Waals surface area contributed by atoms with E-state index in [-0.39, 0.29) is 5.92 Å². The van der Waals surface area contributed by atoms with Gasteiger partial charge in [-0.1, -0.05) is 20.3 Å². The van der Waals surface area contributed by atoms with Crippen LogP contribution in [0.3, 0.4) is 0 Å². The molecule has 0 aliphatic heterocycles. The second kappa shape index (κ2) is 2.01. The highest BCUT2D eigenvalue weighted by Crippen LogP contribution is 2.47. The molecule has 3 atom stereocenters. The Hall–Kier alpha value is -0.530. The van der Waals surface area contributed by atoms with Crippen molar-refractivity contribution in [3.05, 3.63) is 0 Å². The van der Waals surface area contributed by atoms with Gasteiger partial charge in [0.25, 0.3) is 0 Å². The molecule has 0 radical (unpaired) electrons. The van der Waals surface area contributed by atoms with Crippen LogP contribution in [0.25, 0.3) is 0 Å². The third-order valence-corrected chi connectivity index (χ3v) is 2.32. The molecule has 0 heterocycles. The van der Waals surface area contributed by atoms with Crippen LogP contribution in [0.4, 0.5) is 0 Å². The molecule has 0 saturated heterocycles. The van der Waals surface area contributed by atoms with Crippen LogP contribution in [0, 0.1) is 17.8 Å². The Labute approximate surface area is 54.9 Å². The summed E-state index contributed by atoms with van der Waals surface area (Å²) in [5, 5.41) is 8.53. The third kappa shape index (κ3) is 0.934. The second-order valence-corrected chi connectivity index (χ2v) is 2.80. The van der Waals surface area contributed by atoms with E-state index >= 15 is 0 Å². The first-order chi connectivity index (χ1) is 4.18. The van der Waals surface area contributed by atoms with Crippen molar-refractivity contribution in [1.82, 2.24) is 0 Å². The summed E-state index contributed by atoms with van der Waals surface area (Å²) in [6, 6.07) is 0. The van der Waals surface area contributed by atoms with Crippen LogP contribution in [0.1, 0.15) is 20.3 Å². The Balaban J connectivity index is 2.42. The lowest BCUT2D eigenvalue weighted by molar-refractivity contribution is -0.139. The Morgan fingerprint density at radius 2 is 2.22 bits per heavy atom. The van der Waals surface area contributed by atoms with E-state index in [1.807, 2.05) is 13.8 Å². The van der Waals surface area contributed by atoms with Gasteiger partial charge in [-0.2, -0.15) is 0 Å². The highest BCUT2D eigenvalue weighted by molar-refractivity contribution is 5.74. The fourth-order valence-corrected chi connectivity index (χ4v) is 1.58. The molecule has 1 aliphatic rings. The van der Waals surface area contributed by atoms with E-state index in [2.05, 4.69) is 0 Å². The Morgan fingerprint density at radius 3 is 2.33 bits per heavy atom. The van der Waals surface area contributed by atoms with Crippen molar-refractivity contribution in [2.24, 2.45) is 17.8 Å². The summed E-state index contributed by atoms with van der Waals surface area (Å²) in [5.74, 6) is 0.236. The van der Waals surface area contributed by atoms with Crippen molar-refractivity contribution in [2.45, 2.75) is 20.3 Å². The van der Waals surface area contributed by atoms with Gasteiger partial charge in [-0.15, -0.1) is 0 Å². The minimum atomic E-state index is -0.616. The van der Waals surface area contributed by atoms with Crippen LogP contribution in [-0.4, -0.2) is 11.1 Å². The van der Waals surface area contributed by atoms with Crippen LogP contribution in [-0.2, 0) is 4.79 Å². The second-order valence-electron chi connectivity index (χ2n) is 2.80. The van der Waals surface area contributed by atoms with E-state index in [0.29, 0.717) is 11.8 Å².